The Balaban J connectivity index is 1.75. The van der Waals surface area contributed by atoms with Gasteiger partial charge < -0.3 is 9.57 Å². The molecule has 0 saturated heterocycles. The van der Waals surface area contributed by atoms with E-state index in [2.05, 4.69) is 15.5 Å². The molecule has 0 aliphatic carbocycles. The maximum absolute atomic E-state index is 12.5. The minimum absolute atomic E-state index is 0.263. The molecule has 1 N–H and O–H groups in total. The van der Waals surface area contributed by atoms with E-state index in [-0.39, 0.29) is 5.91 Å². The van der Waals surface area contributed by atoms with E-state index < -0.39 is 5.60 Å². The number of nitrogens with zero attached hydrogens (tertiary/aromatic N) is 2. The first-order valence-electron chi connectivity index (χ1n) is 7.14. The second-order valence-electron chi connectivity index (χ2n) is 5.47. The Labute approximate surface area is 138 Å². The number of benzene rings is 1. The quantitative estimate of drug-likeness (QED) is 0.935. The molecule has 0 fully saturated rings. The van der Waals surface area contributed by atoms with Gasteiger partial charge in [0.05, 0.1) is 12.8 Å². The Morgan fingerprint density at radius 1 is 1.43 bits per heavy atom. The molecular formula is C16H17N3O3S. The van der Waals surface area contributed by atoms with Gasteiger partial charge in [0.15, 0.2) is 5.13 Å². The molecule has 6 nitrogen and oxygen atoms in total. The Morgan fingerprint density at radius 3 is 2.91 bits per heavy atom. The van der Waals surface area contributed by atoms with Crippen molar-refractivity contribution in [2.75, 3.05) is 12.4 Å². The first kappa shape index (κ1) is 15.5. The van der Waals surface area contributed by atoms with E-state index in [1.165, 1.54) is 11.3 Å². The van der Waals surface area contributed by atoms with Gasteiger partial charge in [-0.3, -0.25) is 10.1 Å². The Bertz CT molecular complexity index is 771. The number of aryl methyl sites for hydroxylation is 1. The molecule has 0 unspecified atom stereocenters. The van der Waals surface area contributed by atoms with Crippen molar-refractivity contribution in [3.63, 3.8) is 0 Å². The van der Waals surface area contributed by atoms with Crippen LogP contribution in [0.4, 0.5) is 5.13 Å². The van der Waals surface area contributed by atoms with E-state index in [1.54, 1.807) is 20.2 Å². The molecule has 1 aliphatic rings. The number of anilines is 1. The predicted octanol–water partition coefficient (Wildman–Crippen LogP) is 2.98. The van der Waals surface area contributed by atoms with Gasteiger partial charge in [-0.2, -0.15) is 0 Å². The van der Waals surface area contributed by atoms with Gasteiger partial charge in [-0.25, -0.2) is 4.98 Å². The third-order valence-corrected chi connectivity index (χ3v) is 4.43. The van der Waals surface area contributed by atoms with Crippen LogP contribution < -0.4 is 10.1 Å². The summed E-state index contributed by atoms with van der Waals surface area (Å²) in [5.74, 6) is 0.440. The van der Waals surface area contributed by atoms with E-state index in [1.807, 2.05) is 31.2 Å². The zero-order valence-electron chi connectivity index (χ0n) is 13.1. The topological polar surface area (TPSA) is 72.8 Å². The number of methoxy groups -OCH3 is 1. The lowest BCUT2D eigenvalue weighted by atomic mass is 9.95. The molecule has 0 saturated carbocycles. The first-order chi connectivity index (χ1) is 11.0. The first-order valence-corrected chi connectivity index (χ1v) is 7.96. The monoisotopic (exact) mass is 331 g/mol. The number of hydrogen-bond acceptors (Lipinski definition) is 6. The van der Waals surface area contributed by atoms with Crippen molar-refractivity contribution in [1.29, 1.82) is 0 Å². The van der Waals surface area contributed by atoms with E-state index >= 15 is 0 Å². The number of ether oxygens (including phenoxy) is 1. The molecule has 2 aromatic rings. The number of oxime groups is 1. The fourth-order valence-corrected chi connectivity index (χ4v) is 2.99. The van der Waals surface area contributed by atoms with E-state index in [9.17, 15) is 4.79 Å². The van der Waals surface area contributed by atoms with Crippen molar-refractivity contribution in [3.05, 3.63) is 40.9 Å². The molecule has 3 rings (SSSR count). The van der Waals surface area contributed by atoms with Crippen molar-refractivity contribution in [2.24, 2.45) is 5.16 Å². The van der Waals surface area contributed by atoms with E-state index in [0.717, 1.165) is 10.4 Å². The molecule has 1 atom stereocenters. The van der Waals surface area contributed by atoms with Gasteiger partial charge in [0, 0.05) is 23.1 Å². The summed E-state index contributed by atoms with van der Waals surface area (Å²) in [5, 5.41) is 7.44. The lowest BCUT2D eigenvalue weighted by Gasteiger charge is -2.19. The molecule has 1 aromatic heterocycles. The maximum Gasteiger partial charge on any atom is 0.273 e. The minimum atomic E-state index is -1.06. The summed E-state index contributed by atoms with van der Waals surface area (Å²) in [6.45, 7) is 3.65. The van der Waals surface area contributed by atoms with Crippen molar-refractivity contribution in [3.8, 4) is 5.75 Å². The summed E-state index contributed by atoms with van der Waals surface area (Å²) in [6.07, 6.45) is 2.08. The predicted molar refractivity (Wildman–Crippen MR) is 89.1 cm³/mol. The second kappa shape index (κ2) is 6.00. The van der Waals surface area contributed by atoms with Gasteiger partial charge in [-0.1, -0.05) is 17.3 Å². The normalized spacial score (nSPS) is 19.9. The number of carbonyl (C=O) groups is 1. The van der Waals surface area contributed by atoms with Crippen LogP contribution in [0.3, 0.4) is 0 Å². The SMILES string of the molecule is COc1ccccc1C1=NO[C@](C)(C(=O)Nc2ncc(C)s2)C1. The van der Waals surface area contributed by atoms with Crippen molar-refractivity contribution in [2.45, 2.75) is 25.9 Å². The third kappa shape index (κ3) is 3.05. The van der Waals surface area contributed by atoms with Crippen molar-refractivity contribution >= 4 is 28.1 Å². The van der Waals surface area contributed by atoms with E-state index in [4.69, 9.17) is 9.57 Å². The molecule has 1 aliphatic heterocycles. The molecule has 0 bridgehead atoms. The minimum Gasteiger partial charge on any atom is -0.496 e. The molecule has 7 heteroatoms. The van der Waals surface area contributed by atoms with Crippen LogP contribution in [-0.4, -0.2) is 29.3 Å². The number of rotatable bonds is 4. The second-order valence-corrected chi connectivity index (χ2v) is 6.70. The molecule has 1 amide bonds. The lowest BCUT2D eigenvalue weighted by molar-refractivity contribution is -0.135. The van der Waals surface area contributed by atoms with Gasteiger partial charge in [0.25, 0.3) is 5.91 Å². The molecule has 1 aromatic carbocycles. The zero-order chi connectivity index (χ0) is 16.4. The lowest BCUT2D eigenvalue weighted by Crippen LogP contribution is -2.40. The molecular weight excluding hydrogens is 314 g/mol. The highest BCUT2D eigenvalue weighted by molar-refractivity contribution is 7.15. The highest BCUT2D eigenvalue weighted by Crippen LogP contribution is 2.31. The van der Waals surface area contributed by atoms with Crippen LogP contribution in [0.5, 0.6) is 5.75 Å². The van der Waals surface area contributed by atoms with Gasteiger partial charge in [0.1, 0.15) is 5.75 Å². The van der Waals surface area contributed by atoms with Crippen LogP contribution in [0.15, 0.2) is 35.6 Å². The van der Waals surface area contributed by atoms with Crippen LogP contribution in [0.2, 0.25) is 0 Å². The number of para-hydroxylation sites is 1. The molecule has 0 spiro atoms. The highest BCUT2D eigenvalue weighted by atomic mass is 32.1. The fraction of sp³-hybridized carbons (Fsp3) is 0.312. The van der Waals surface area contributed by atoms with Crippen LogP contribution >= 0.6 is 11.3 Å². The van der Waals surface area contributed by atoms with E-state index in [0.29, 0.717) is 23.0 Å². The third-order valence-electron chi connectivity index (χ3n) is 3.60. The molecule has 23 heavy (non-hydrogen) atoms. The number of thiazole rings is 1. The highest BCUT2D eigenvalue weighted by Gasteiger charge is 2.43. The summed E-state index contributed by atoms with van der Waals surface area (Å²) in [5.41, 5.74) is 0.461. The standard InChI is InChI=1S/C16H17N3O3S/c1-10-9-17-15(23-10)18-14(20)16(2)8-12(19-22-16)11-6-4-5-7-13(11)21-3/h4-7,9H,8H2,1-3H3,(H,17,18,20)/t16-/m0/s1. The van der Waals surface area contributed by atoms with Crippen LogP contribution in [-0.2, 0) is 9.63 Å². The Kier molecular flexibility index (Phi) is 4.04. The number of aromatic nitrogens is 1. The Morgan fingerprint density at radius 2 is 2.22 bits per heavy atom. The number of carbonyl (C=O) groups excluding carboxylic acids is 1. The summed E-state index contributed by atoms with van der Waals surface area (Å²) in [4.78, 5) is 23.1. The van der Waals surface area contributed by atoms with Gasteiger partial charge in [0.2, 0.25) is 5.60 Å². The fourth-order valence-electron chi connectivity index (χ4n) is 2.33. The summed E-state index contributed by atoms with van der Waals surface area (Å²) in [7, 11) is 1.60. The average molecular weight is 331 g/mol. The molecule has 0 radical (unpaired) electrons. The van der Waals surface area contributed by atoms with Gasteiger partial charge in [-0.15, -0.1) is 11.3 Å². The maximum atomic E-state index is 12.5. The summed E-state index contributed by atoms with van der Waals surface area (Å²) < 4.78 is 5.34. The molecule has 120 valence electrons. The van der Waals surface area contributed by atoms with Crippen LogP contribution in [0, 0.1) is 6.92 Å². The van der Waals surface area contributed by atoms with Crippen LogP contribution in [0.25, 0.3) is 0 Å². The van der Waals surface area contributed by atoms with Gasteiger partial charge in [-0.05, 0) is 26.0 Å². The number of hydrogen-bond donors (Lipinski definition) is 1. The summed E-state index contributed by atoms with van der Waals surface area (Å²) in [6, 6.07) is 7.53. The smallest absolute Gasteiger partial charge is 0.273 e. The molecule has 2 heterocycles. The zero-order valence-corrected chi connectivity index (χ0v) is 13.9. The van der Waals surface area contributed by atoms with Gasteiger partial charge >= 0.3 is 0 Å². The number of amides is 1. The average Bonchev–Trinajstić information content (AvgIpc) is 3.14. The Hall–Kier alpha value is -2.41. The summed E-state index contributed by atoms with van der Waals surface area (Å²) >= 11 is 1.42. The largest absolute Gasteiger partial charge is 0.496 e. The number of nitrogens with one attached hydrogen (secondary N) is 1. The van der Waals surface area contributed by atoms with Crippen molar-refractivity contribution in [1.82, 2.24) is 4.98 Å². The van der Waals surface area contributed by atoms with Crippen LogP contribution in [0.1, 0.15) is 23.8 Å². The van der Waals surface area contributed by atoms with Crippen molar-refractivity contribution < 1.29 is 14.4 Å².